The molecule has 62 valence electrons. The Balaban J connectivity index is 1.87. The highest BCUT2D eigenvalue weighted by Crippen LogP contribution is 2.17. The first-order chi connectivity index (χ1) is 5.38. The molecule has 1 unspecified atom stereocenters. The minimum Gasteiger partial charge on any atom is -0.368 e. The van der Waals surface area contributed by atoms with Gasteiger partial charge in [0.2, 0.25) is 0 Å². The lowest BCUT2D eigenvalue weighted by Gasteiger charge is -2.29. The van der Waals surface area contributed by atoms with Crippen molar-refractivity contribution in [1.82, 2.24) is 4.90 Å². The SMILES string of the molecule is O=C(C1CCO1)N1CCCC1. The normalized spacial score (nSPS) is 30.2. The number of carbonyl (C=O) groups excluding carboxylic acids is 1. The van der Waals surface area contributed by atoms with E-state index in [1.165, 1.54) is 12.8 Å². The highest BCUT2D eigenvalue weighted by molar-refractivity contribution is 5.81. The summed E-state index contributed by atoms with van der Waals surface area (Å²) in [5, 5.41) is 0. The molecule has 2 fully saturated rings. The van der Waals surface area contributed by atoms with Crippen LogP contribution in [-0.2, 0) is 9.53 Å². The van der Waals surface area contributed by atoms with Gasteiger partial charge in [0.1, 0.15) is 6.10 Å². The van der Waals surface area contributed by atoms with Gasteiger partial charge in [-0.1, -0.05) is 0 Å². The molecule has 2 aliphatic rings. The fraction of sp³-hybridized carbons (Fsp3) is 0.875. The quantitative estimate of drug-likeness (QED) is 0.548. The summed E-state index contributed by atoms with van der Waals surface area (Å²) in [6.45, 7) is 2.65. The third-order valence-corrected chi connectivity index (χ3v) is 2.39. The lowest BCUT2D eigenvalue weighted by Crippen LogP contribution is -2.44. The zero-order valence-corrected chi connectivity index (χ0v) is 6.58. The van der Waals surface area contributed by atoms with Crippen molar-refractivity contribution in [2.45, 2.75) is 25.4 Å². The smallest absolute Gasteiger partial charge is 0.251 e. The van der Waals surface area contributed by atoms with Crippen molar-refractivity contribution >= 4 is 5.91 Å². The third kappa shape index (κ3) is 1.25. The topological polar surface area (TPSA) is 29.5 Å². The second-order valence-electron chi connectivity index (χ2n) is 3.18. The van der Waals surface area contributed by atoms with Crippen LogP contribution in [0.1, 0.15) is 19.3 Å². The monoisotopic (exact) mass is 155 g/mol. The Morgan fingerprint density at radius 1 is 1.36 bits per heavy atom. The fourth-order valence-corrected chi connectivity index (χ4v) is 1.57. The van der Waals surface area contributed by atoms with Crippen LogP contribution in [0.25, 0.3) is 0 Å². The van der Waals surface area contributed by atoms with Gasteiger partial charge in [0.25, 0.3) is 5.91 Å². The van der Waals surface area contributed by atoms with Crippen LogP contribution in [0.15, 0.2) is 0 Å². The number of rotatable bonds is 1. The summed E-state index contributed by atoms with van der Waals surface area (Å²) in [5.41, 5.74) is 0. The first-order valence-electron chi connectivity index (χ1n) is 4.28. The second-order valence-corrected chi connectivity index (χ2v) is 3.18. The summed E-state index contributed by atoms with van der Waals surface area (Å²) >= 11 is 0. The maximum Gasteiger partial charge on any atom is 0.251 e. The van der Waals surface area contributed by atoms with Gasteiger partial charge in [0, 0.05) is 19.5 Å². The number of ether oxygens (including phenoxy) is 1. The molecule has 2 aliphatic heterocycles. The van der Waals surface area contributed by atoms with E-state index < -0.39 is 0 Å². The predicted octanol–water partition coefficient (Wildman–Crippen LogP) is 0.398. The first-order valence-corrected chi connectivity index (χ1v) is 4.28. The van der Waals surface area contributed by atoms with Gasteiger partial charge in [-0.25, -0.2) is 0 Å². The average molecular weight is 155 g/mol. The van der Waals surface area contributed by atoms with Crippen molar-refractivity contribution in [2.24, 2.45) is 0 Å². The van der Waals surface area contributed by atoms with E-state index in [2.05, 4.69) is 0 Å². The van der Waals surface area contributed by atoms with Gasteiger partial charge in [-0.15, -0.1) is 0 Å². The van der Waals surface area contributed by atoms with E-state index in [4.69, 9.17) is 4.74 Å². The molecule has 0 aromatic heterocycles. The van der Waals surface area contributed by atoms with E-state index in [1.54, 1.807) is 0 Å². The number of hydrogen-bond acceptors (Lipinski definition) is 2. The molecule has 0 aromatic carbocycles. The average Bonchev–Trinajstić information content (AvgIpc) is 2.32. The zero-order chi connectivity index (χ0) is 7.68. The molecule has 0 radical (unpaired) electrons. The largest absolute Gasteiger partial charge is 0.368 e. The lowest BCUT2D eigenvalue weighted by molar-refractivity contribution is -0.154. The number of hydrogen-bond donors (Lipinski definition) is 0. The van der Waals surface area contributed by atoms with Crippen molar-refractivity contribution in [3.63, 3.8) is 0 Å². The van der Waals surface area contributed by atoms with Crippen LogP contribution in [0.5, 0.6) is 0 Å². The van der Waals surface area contributed by atoms with Crippen LogP contribution in [0, 0.1) is 0 Å². The van der Waals surface area contributed by atoms with Gasteiger partial charge in [0.05, 0.1) is 6.61 Å². The Morgan fingerprint density at radius 3 is 2.45 bits per heavy atom. The van der Waals surface area contributed by atoms with Gasteiger partial charge in [-0.2, -0.15) is 0 Å². The molecule has 2 rings (SSSR count). The Labute approximate surface area is 66.3 Å². The van der Waals surface area contributed by atoms with Crippen molar-refractivity contribution in [2.75, 3.05) is 19.7 Å². The van der Waals surface area contributed by atoms with E-state index >= 15 is 0 Å². The van der Waals surface area contributed by atoms with Gasteiger partial charge in [-0.05, 0) is 12.8 Å². The Kier molecular flexibility index (Phi) is 1.82. The Hall–Kier alpha value is -0.570. The van der Waals surface area contributed by atoms with E-state index in [1.807, 2.05) is 4.90 Å². The van der Waals surface area contributed by atoms with Crippen LogP contribution in [0.2, 0.25) is 0 Å². The van der Waals surface area contributed by atoms with Crippen molar-refractivity contribution in [3.05, 3.63) is 0 Å². The fourth-order valence-electron chi connectivity index (χ4n) is 1.57. The molecule has 0 N–H and O–H groups in total. The summed E-state index contributed by atoms with van der Waals surface area (Å²) in [4.78, 5) is 13.3. The van der Waals surface area contributed by atoms with Crippen LogP contribution in [0.3, 0.4) is 0 Å². The molecule has 0 aliphatic carbocycles. The number of likely N-dealkylation sites (tertiary alicyclic amines) is 1. The van der Waals surface area contributed by atoms with Crippen LogP contribution in [-0.4, -0.2) is 36.6 Å². The molecule has 2 saturated heterocycles. The highest BCUT2D eigenvalue weighted by atomic mass is 16.5. The number of nitrogens with zero attached hydrogens (tertiary/aromatic N) is 1. The van der Waals surface area contributed by atoms with Crippen LogP contribution >= 0.6 is 0 Å². The molecule has 11 heavy (non-hydrogen) atoms. The van der Waals surface area contributed by atoms with E-state index in [9.17, 15) is 4.79 Å². The van der Waals surface area contributed by atoms with Crippen LogP contribution < -0.4 is 0 Å². The first kappa shape index (κ1) is 7.10. The zero-order valence-electron chi connectivity index (χ0n) is 6.58. The molecule has 1 atom stereocenters. The minimum absolute atomic E-state index is 0.0897. The van der Waals surface area contributed by atoms with Gasteiger partial charge < -0.3 is 9.64 Å². The van der Waals surface area contributed by atoms with Crippen LogP contribution in [0.4, 0.5) is 0 Å². The minimum atomic E-state index is -0.0897. The summed E-state index contributed by atoms with van der Waals surface area (Å²) in [6.07, 6.45) is 3.17. The molecule has 0 saturated carbocycles. The molecule has 3 heteroatoms. The maximum absolute atomic E-state index is 11.4. The van der Waals surface area contributed by atoms with Crippen molar-refractivity contribution < 1.29 is 9.53 Å². The van der Waals surface area contributed by atoms with Gasteiger partial charge in [0.15, 0.2) is 0 Å². The summed E-state index contributed by atoms with van der Waals surface area (Å²) in [6, 6.07) is 0. The molecule has 1 amide bonds. The third-order valence-electron chi connectivity index (χ3n) is 2.39. The Bertz CT molecular complexity index is 159. The lowest BCUT2D eigenvalue weighted by atomic mass is 10.1. The highest BCUT2D eigenvalue weighted by Gasteiger charge is 2.31. The number of amides is 1. The van der Waals surface area contributed by atoms with Gasteiger partial charge in [-0.3, -0.25) is 4.79 Å². The molecular weight excluding hydrogens is 142 g/mol. The maximum atomic E-state index is 11.4. The van der Waals surface area contributed by atoms with Crippen molar-refractivity contribution in [3.8, 4) is 0 Å². The number of carbonyl (C=O) groups is 1. The molecule has 3 nitrogen and oxygen atoms in total. The second kappa shape index (κ2) is 2.81. The summed E-state index contributed by atoms with van der Waals surface area (Å²) in [7, 11) is 0. The molecular formula is C8H13NO2. The Morgan fingerprint density at radius 2 is 2.00 bits per heavy atom. The molecule has 0 bridgehead atoms. The molecule has 2 heterocycles. The summed E-state index contributed by atoms with van der Waals surface area (Å²) < 4.78 is 5.11. The predicted molar refractivity (Wildman–Crippen MR) is 40.2 cm³/mol. The molecule has 0 spiro atoms. The van der Waals surface area contributed by atoms with E-state index in [-0.39, 0.29) is 12.0 Å². The van der Waals surface area contributed by atoms with E-state index in [0.717, 1.165) is 26.1 Å². The summed E-state index contributed by atoms with van der Waals surface area (Å²) in [5.74, 6) is 0.216. The molecule has 0 aromatic rings. The van der Waals surface area contributed by atoms with Gasteiger partial charge >= 0.3 is 0 Å². The standard InChI is InChI=1S/C8H13NO2/c10-8(7-3-6-11-7)9-4-1-2-5-9/h7H,1-6H2. The van der Waals surface area contributed by atoms with Crippen molar-refractivity contribution in [1.29, 1.82) is 0 Å². The van der Waals surface area contributed by atoms with E-state index in [0.29, 0.717) is 0 Å².